The minimum absolute atomic E-state index is 0.0463. The predicted octanol–water partition coefficient (Wildman–Crippen LogP) is -0.745. The van der Waals surface area contributed by atoms with Crippen molar-refractivity contribution >= 4 is 5.91 Å². The predicted molar refractivity (Wildman–Crippen MR) is 51.8 cm³/mol. The fourth-order valence-corrected chi connectivity index (χ4v) is 1.09. The average Bonchev–Trinajstić information content (AvgIpc) is 2.14. The van der Waals surface area contributed by atoms with Gasteiger partial charge in [0.2, 0.25) is 5.91 Å². The first-order valence-corrected chi connectivity index (χ1v) is 4.76. The van der Waals surface area contributed by atoms with Gasteiger partial charge in [0.25, 0.3) is 0 Å². The van der Waals surface area contributed by atoms with Gasteiger partial charge >= 0.3 is 0 Å². The summed E-state index contributed by atoms with van der Waals surface area (Å²) in [5, 5.41) is 2.72. The normalized spacial score (nSPS) is 23.2. The van der Waals surface area contributed by atoms with Gasteiger partial charge in [-0.3, -0.25) is 4.79 Å². The molecule has 1 heterocycles. The topological polar surface area (TPSA) is 73.6 Å². The number of carbonyl (C=O) groups is 1. The maximum atomic E-state index is 11.4. The molecule has 1 fully saturated rings. The van der Waals surface area contributed by atoms with Crippen LogP contribution in [0.2, 0.25) is 0 Å². The third-order valence-electron chi connectivity index (χ3n) is 1.96. The van der Waals surface area contributed by atoms with Crippen LogP contribution in [0.3, 0.4) is 0 Å². The number of hydrogen-bond donors (Lipinski definition) is 2. The molecule has 0 aromatic carbocycles. The zero-order valence-electron chi connectivity index (χ0n) is 8.71. The summed E-state index contributed by atoms with van der Waals surface area (Å²) in [5.74, 6) is -0.174. The second-order valence-corrected chi connectivity index (χ2v) is 4.00. The van der Waals surface area contributed by atoms with E-state index < -0.39 is 5.54 Å². The van der Waals surface area contributed by atoms with Gasteiger partial charge in [0.1, 0.15) is 0 Å². The van der Waals surface area contributed by atoms with Gasteiger partial charge < -0.3 is 20.5 Å². The lowest BCUT2D eigenvalue weighted by molar-refractivity contribution is -0.127. The van der Waals surface area contributed by atoms with E-state index >= 15 is 0 Å². The van der Waals surface area contributed by atoms with Gasteiger partial charge in [-0.15, -0.1) is 0 Å². The molecule has 1 rings (SSSR count). The molecule has 1 aliphatic rings. The minimum atomic E-state index is -0.838. The van der Waals surface area contributed by atoms with Gasteiger partial charge in [-0.25, -0.2) is 0 Å². The monoisotopic (exact) mass is 202 g/mol. The molecule has 0 aromatic rings. The third kappa shape index (κ3) is 3.61. The van der Waals surface area contributed by atoms with Crippen LogP contribution in [0.15, 0.2) is 0 Å². The highest BCUT2D eigenvalue weighted by Crippen LogP contribution is 2.00. The Morgan fingerprint density at radius 2 is 2.29 bits per heavy atom. The van der Waals surface area contributed by atoms with Crippen molar-refractivity contribution in [2.75, 3.05) is 26.4 Å². The highest BCUT2D eigenvalue weighted by atomic mass is 16.6. The molecule has 3 N–H and O–H groups in total. The lowest BCUT2D eigenvalue weighted by Gasteiger charge is -2.25. The van der Waals surface area contributed by atoms with Crippen LogP contribution in [0, 0.1) is 0 Å². The first-order chi connectivity index (χ1) is 6.50. The van der Waals surface area contributed by atoms with Gasteiger partial charge in [-0.1, -0.05) is 0 Å². The molecule has 82 valence electrons. The Kier molecular flexibility index (Phi) is 3.86. The second kappa shape index (κ2) is 4.72. The van der Waals surface area contributed by atoms with Crippen molar-refractivity contribution in [3.63, 3.8) is 0 Å². The molecule has 0 aromatic heterocycles. The lowest BCUT2D eigenvalue weighted by Crippen LogP contribution is -2.51. The lowest BCUT2D eigenvalue weighted by atomic mass is 10.1. The molecule has 1 amide bonds. The standard InChI is InChI=1S/C9H18N2O3/c1-9(2,10)8(12)11-5-7-6-13-3-4-14-7/h7H,3-6,10H2,1-2H3,(H,11,12). The average molecular weight is 202 g/mol. The molecular weight excluding hydrogens is 184 g/mol. The largest absolute Gasteiger partial charge is 0.376 e. The highest BCUT2D eigenvalue weighted by Gasteiger charge is 2.23. The minimum Gasteiger partial charge on any atom is -0.376 e. The first kappa shape index (κ1) is 11.4. The SMILES string of the molecule is CC(C)(N)C(=O)NCC1COCCO1. The molecule has 14 heavy (non-hydrogen) atoms. The summed E-state index contributed by atoms with van der Waals surface area (Å²) in [6.07, 6.45) is -0.0463. The Morgan fingerprint density at radius 1 is 1.57 bits per heavy atom. The van der Waals surface area contributed by atoms with Crippen molar-refractivity contribution in [1.82, 2.24) is 5.32 Å². The maximum Gasteiger partial charge on any atom is 0.239 e. The van der Waals surface area contributed by atoms with Gasteiger partial charge in [0.05, 0.1) is 31.5 Å². The van der Waals surface area contributed by atoms with Crippen LogP contribution >= 0.6 is 0 Å². The summed E-state index contributed by atoms with van der Waals surface area (Å²) in [7, 11) is 0. The van der Waals surface area contributed by atoms with E-state index in [4.69, 9.17) is 15.2 Å². The zero-order chi connectivity index (χ0) is 10.6. The number of hydrogen-bond acceptors (Lipinski definition) is 4. The van der Waals surface area contributed by atoms with Crippen LogP contribution in [0.4, 0.5) is 0 Å². The van der Waals surface area contributed by atoms with Crippen molar-refractivity contribution in [3.8, 4) is 0 Å². The summed E-state index contributed by atoms with van der Waals surface area (Å²) >= 11 is 0. The number of rotatable bonds is 3. The molecule has 0 radical (unpaired) electrons. The van der Waals surface area contributed by atoms with E-state index in [2.05, 4.69) is 5.32 Å². The Labute approximate surface area is 83.9 Å². The number of nitrogens with one attached hydrogen (secondary N) is 1. The number of carbonyl (C=O) groups excluding carboxylic acids is 1. The van der Waals surface area contributed by atoms with Crippen LogP contribution in [-0.4, -0.2) is 43.9 Å². The van der Waals surface area contributed by atoms with E-state index in [1.165, 1.54) is 0 Å². The Hall–Kier alpha value is -0.650. The van der Waals surface area contributed by atoms with E-state index in [1.54, 1.807) is 13.8 Å². The van der Waals surface area contributed by atoms with E-state index in [9.17, 15) is 4.79 Å². The number of nitrogens with two attached hydrogens (primary N) is 1. The van der Waals surface area contributed by atoms with E-state index in [0.29, 0.717) is 26.4 Å². The van der Waals surface area contributed by atoms with Gasteiger partial charge in [-0.2, -0.15) is 0 Å². The summed E-state index contributed by atoms with van der Waals surface area (Å²) in [6, 6.07) is 0. The van der Waals surface area contributed by atoms with Gasteiger partial charge in [0.15, 0.2) is 0 Å². The number of amides is 1. The highest BCUT2D eigenvalue weighted by molar-refractivity contribution is 5.85. The fraction of sp³-hybridized carbons (Fsp3) is 0.889. The van der Waals surface area contributed by atoms with E-state index in [-0.39, 0.29) is 12.0 Å². The molecule has 5 heteroatoms. The smallest absolute Gasteiger partial charge is 0.239 e. The molecular formula is C9H18N2O3. The van der Waals surface area contributed by atoms with Gasteiger partial charge in [-0.05, 0) is 13.8 Å². The Morgan fingerprint density at radius 3 is 2.79 bits per heavy atom. The molecule has 0 bridgehead atoms. The summed E-state index contributed by atoms with van der Waals surface area (Å²) in [5.41, 5.74) is 4.77. The third-order valence-corrected chi connectivity index (χ3v) is 1.96. The molecule has 0 saturated carbocycles. The van der Waals surface area contributed by atoms with Crippen LogP contribution < -0.4 is 11.1 Å². The second-order valence-electron chi connectivity index (χ2n) is 4.00. The van der Waals surface area contributed by atoms with E-state index in [0.717, 1.165) is 0 Å². The molecule has 0 spiro atoms. The molecule has 5 nitrogen and oxygen atoms in total. The molecule has 1 unspecified atom stereocenters. The number of ether oxygens (including phenoxy) is 2. The molecule has 0 aliphatic carbocycles. The Bertz CT molecular complexity index is 195. The summed E-state index contributed by atoms with van der Waals surface area (Å²) in [6.45, 7) is 5.55. The molecule has 1 aliphatic heterocycles. The summed E-state index contributed by atoms with van der Waals surface area (Å²) in [4.78, 5) is 11.4. The fourth-order valence-electron chi connectivity index (χ4n) is 1.09. The van der Waals surface area contributed by atoms with Crippen LogP contribution in [0.25, 0.3) is 0 Å². The van der Waals surface area contributed by atoms with Crippen LogP contribution in [0.5, 0.6) is 0 Å². The first-order valence-electron chi connectivity index (χ1n) is 4.76. The van der Waals surface area contributed by atoms with Crippen LogP contribution in [-0.2, 0) is 14.3 Å². The Balaban J connectivity index is 2.22. The van der Waals surface area contributed by atoms with Crippen molar-refractivity contribution < 1.29 is 14.3 Å². The van der Waals surface area contributed by atoms with Gasteiger partial charge in [0, 0.05) is 6.54 Å². The van der Waals surface area contributed by atoms with Crippen LogP contribution in [0.1, 0.15) is 13.8 Å². The molecule has 1 atom stereocenters. The van der Waals surface area contributed by atoms with Crippen molar-refractivity contribution in [3.05, 3.63) is 0 Å². The quantitative estimate of drug-likeness (QED) is 0.632. The van der Waals surface area contributed by atoms with Crippen molar-refractivity contribution in [1.29, 1.82) is 0 Å². The molecule has 1 saturated heterocycles. The van der Waals surface area contributed by atoms with E-state index in [1.807, 2.05) is 0 Å². The zero-order valence-corrected chi connectivity index (χ0v) is 8.71. The summed E-state index contributed by atoms with van der Waals surface area (Å²) < 4.78 is 10.6. The maximum absolute atomic E-state index is 11.4. The van der Waals surface area contributed by atoms with Crippen molar-refractivity contribution in [2.45, 2.75) is 25.5 Å². The van der Waals surface area contributed by atoms with Crippen molar-refractivity contribution in [2.24, 2.45) is 5.73 Å².